The summed E-state index contributed by atoms with van der Waals surface area (Å²) in [5, 5.41) is 0.966. The smallest absolute Gasteiger partial charge is 0.310 e. The maximum absolute atomic E-state index is 13.0. The van der Waals surface area contributed by atoms with Crippen molar-refractivity contribution in [3.05, 3.63) is 41.1 Å². The number of pyridine rings is 1. The van der Waals surface area contributed by atoms with Gasteiger partial charge < -0.3 is 9.64 Å². The van der Waals surface area contributed by atoms with Crippen LogP contribution in [0.1, 0.15) is 41.4 Å². The fourth-order valence-corrected chi connectivity index (χ4v) is 3.39. The van der Waals surface area contributed by atoms with Crippen molar-refractivity contribution in [3.63, 3.8) is 0 Å². The predicted molar refractivity (Wildman–Crippen MR) is 96.5 cm³/mol. The minimum atomic E-state index is -0.228. The van der Waals surface area contributed by atoms with Crippen molar-refractivity contribution >= 4 is 22.8 Å². The molecule has 1 saturated heterocycles. The SMILES string of the molecule is CCOC(=O)C1CCCN(C(=O)c2cc3cc(C)ccc3nc2C)C1. The van der Waals surface area contributed by atoms with E-state index in [-0.39, 0.29) is 17.8 Å². The summed E-state index contributed by atoms with van der Waals surface area (Å²) >= 11 is 0. The van der Waals surface area contributed by atoms with E-state index in [1.165, 1.54) is 0 Å². The number of hydrogen-bond donors (Lipinski definition) is 0. The second-order valence-corrected chi connectivity index (χ2v) is 6.66. The molecule has 132 valence electrons. The number of carbonyl (C=O) groups is 2. The van der Waals surface area contributed by atoms with E-state index in [9.17, 15) is 9.59 Å². The summed E-state index contributed by atoms with van der Waals surface area (Å²) in [5.41, 5.74) is 3.36. The second kappa shape index (κ2) is 7.21. The Bertz CT molecular complexity index is 816. The molecule has 0 N–H and O–H groups in total. The van der Waals surface area contributed by atoms with E-state index in [0.29, 0.717) is 25.3 Å². The minimum absolute atomic E-state index is 0.0533. The first kappa shape index (κ1) is 17.4. The lowest BCUT2D eigenvalue weighted by Gasteiger charge is -2.31. The summed E-state index contributed by atoms with van der Waals surface area (Å²) in [5.74, 6) is -0.486. The van der Waals surface area contributed by atoms with Crippen LogP contribution in [0.4, 0.5) is 0 Å². The number of amides is 1. The summed E-state index contributed by atoms with van der Waals surface area (Å²) < 4.78 is 5.12. The normalized spacial score (nSPS) is 17.6. The van der Waals surface area contributed by atoms with Gasteiger partial charge in [-0.25, -0.2) is 0 Å². The molecule has 0 bridgehead atoms. The van der Waals surface area contributed by atoms with Crippen molar-refractivity contribution in [2.75, 3.05) is 19.7 Å². The monoisotopic (exact) mass is 340 g/mol. The summed E-state index contributed by atoms with van der Waals surface area (Å²) in [6.45, 7) is 7.14. The third-order valence-corrected chi connectivity index (χ3v) is 4.72. The van der Waals surface area contributed by atoms with Crippen LogP contribution in [0.3, 0.4) is 0 Å². The zero-order chi connectivity index (χ0) is 18.0. The highest BCUT2D eigenvalue weighted by Gasteiger charge is 2.30. The second-order valence-electron chi connectivity index (χ2n) is 6.66. The molecule has 1 aromatic heterocycles. The summed E-state index contributed by atoms with van der Waals surface area (Å²) in [6.07, 6.45) is 1.59. The molecule has 5 nitrogen and oxygen atoms in total. The topological polar surface area (TPSA) is 59.5 Å². The first-order valence-electron chi connectivity index (χ1n) is 8.83. The van der Waals surface area contributed by atoms with Crippen LogP contribution in [0.25, 0.3) is 10.9 Å². The zero-order valence-electron chi connectivity index (χ0n) is 15.0. The van der Waals surface area contributed by atoms with Gasteiger partial charge in [0, 0.05) is 18.5 Å². The van der Waals surface area contributed by atoms with Crippen LogP contribution in [0, 0.1) is 19.8 Å². The molecule has 0 aliphatic carbocycles. The predicted octanol–water partition coefficient (Wildman–Crippen LogP) is 3.27. The van der Waals surface area contributed by atoms with Crippen LogP contribution >= 0.6 is 0 Å². The molecule has 25 heavy (non-hydrogen) atoms. The minimum Gasteiger partial charge on any atom is -0.466 e. The number of aromatic nitrogens is 1. The number of carbonyl (C=O) groups excluding carboxylic acids is 2. The molecule has 1 unspecified atom stereocenters. The highest BCUT2D eigenvalue weighted by atomic mass is 16.5. The van der Waals surface area contributed by atoms with Gasteiger partial charge in [-0.1, -0.05) is 11.6 Å². The molecular formula is C20H24N2O3. The standard InChI is InChI=1S/C20H24N2O3/c1-4-25-20(24)15-6-5-9-22(12-15)19(23)17-11-16-10-13(2)7-8-18(16)21-14(17)3/h7-8,10-11,15H,4-6,9,12H2,1-3H3. The van der Waals surface area contributed by atoms with Gasteiger partial charge in [0.15, 0.2) is 0 Å². The molecule has 1 atom stereocenters. The summed E-state index contributed by atoms with van der Waals surface area (Å²) in [7, 11) is 0. The van der Waals surface area contributed by atoms with E-state index in [0.717, 1.165) is 35.0 Å². The van der Waals surface area contributed by atoms with Gasteiger partial charge in [-0.2, -0.15) is 0 Å². The van der Waals surface area contributed by atoms with Gasteiger partial charge in [0.1, 0.15) is 0 Å². The summed E-state index contributed by atoms with van der Waals surface area (Å²) in [6, 6.07) is 7.95. The Morgan fingerprint density at radius 2 is 2.08 bits per heavy atom. The van der Waals surface area contributed by atoms with E-state index in [1.807, 2.05) is 38.1 Å². The fraction of sp³-hybridized carbons (Fsp3) is 0.450. The Labute approximate surface area is 148 Å². The lowest BCUT2D eigenvalue weighted by molar-refractivity contribution is -0.149. The van der Waals surface area contributed by atoms with E-state index in [1.54, 1.807) is 11.8 Å². The van der Waals surface area contributed by atoms with E-state index >= 15 is 0 Å². The number of hydrogen-bond acceptors (Lipinski definition) is 4. The van der Waals surface area contributed by atoms with Gasteiger partial charge in [0.05, 0.1) is 29.3 Å². The van der Waals surface area contributed by atoms with Gasteiger partial charge >= 0.3 is 5.97 Å². The van der Waals surface area contributed by atoms with Crippen molar-refractivity contribution < 1.29 is 14.3 Å². The van der Waals surface area contributed by atoms with Crippen LogP contribution in [0.15, 0.2) is 24.3 Å². The number of nitrogens with zero attached hydrogens (tertiary/aromatic N) is 2. The number of fused-ring (bicyclic) bond motifs is 1. The largest absolute Gasteiger partial charge is 0.466 e. The summed E-state index contributed by atoms with van der Waals surface area (Å²) in [4.78, 5) is 31.4. The Balaban J connectivity index is 1.85. The Morgan fingerprint density at radius 1 is 1.28 bits per heavy atom. The molecule has 1 aliphatic heterocycles. The van der Waals surface area contributed by atoms with Crippen LogP contribution < -0.4 is 0 Å². The Kier molecular flexibility index (Phi) is 5.02. The van der Waals surface area contributed by atoms with Crippen molar-refractivity contribution in [2.24, 2.45) is 5.92 Å². The molecule has 2 aromatic rings. The van der Waals surface area contributed by atoms with Crippen molar-refractivity contribution in [2.45, 2.75) is 33.6 Å². The van der Waals surface area contributed by atoms with Gasteiger partial charge in [-0.3, -0.25) is 14.6 Å². The maximum Gasteiger partial charge on any atom is 0.310 e. The molecule has 0 spiro atoms. The zero-order valence-corrected chi connectivity index (χ0v) is 15.0. The molecule has 3 rings (SSSR count). The number of likely N-dealkylation sites (tertiary alicyclic amines) is 1. The van der Waals surface area contributed by atoms with Gasteiger partial charge in [-0.15, -0.1) is 0 Å². The van der Waals surface area contributed by atoms with E-state index in [4.69, 9.17) is 4.74 Å². The third kappa shape index (κ3) is 3.65. The third-order valence-electron chi connectivity index (χ3n) is 4.72. The number of esters is 1. The Morgan fingerprint density at radius 3 is 2.84 bits per heavy atom. The first-order valence-corrected chi connectivity index (χ1v) is 8.83. The lowest BCUT2D eigenvalue weighted by Crippen LogP contribution is -2.43. The molecule has 2 heterocycles. The van der Waals surface area contributed by atoms with Crippen LogP contribution in [0.5, 0.6) is 0 Å². The van der Waals surface area contributed by atoms with E-state index < -0.39 is 0 Å². The number of aryl methyl sites for hydroxylation is 2. The van der Waals surface area contributed by atoms with Gasteiger partial charge in [0.25, 0.3) is 5.91 Å². The van der Waals surface area contributed by atoms with E-state index in [2.05, 4.69) is 4.98 Å². The van der Waals surface area contributed by atoms with Crippen LogP contribution in [-0.4, -0.2) is 41.5 Å². The average Bonchev–Trinajstić information content (AvgIpc) is 2.61. The first-order chi connectivity index (χ1) is 12.0. The molecule has 0 saturated carbocycles. The molecule has 1 aromatic carbocycles. The maximum atomic E-state index is 13.0. The highest BCUT2D eigenvalue weighted by molar-refractivity contribution is 5.99. The fourth-order valence-electron chi connectivity index (χ4n) is 3.39. The van der Waals surface area contributed by atoms with Crippen molar-refractivity contribution in [3.8, 4) is 0 Å². The Hall–Kier alpha value is -2.43. The quantitative estimate of drug-likeness (QED) is 0.805. The van der Waals surface area contributed by atoms with Crippen LogP contribution in [-0.2, 0) is 9.53 Å². The number of piperidine rings is 1. The molecule has 1 fully saturated rings. The number of benzene rings is 1. The molecule has 1 amide bonds. The molecule has 1 aliphatic rings. The van der Waals surface area contributed by atoms with Gasteiger partial charge in [-0.05, 0) is 51.8 Å². The molecule has 0 radical (unpaired) electrons. The average molecular weight is 340 g/mol. The van der Waals surface area contributed by atoms with Crippen molar-refractivity contribution in [1.29, 1.82) is 0 Å². The van der Waals surface area contributed by atoms with Crippen LogP contribution in [0.2, 0.25) is 0 Å². The lowest BCUT2D eigenvalue weighted by atomic mass is 9.97. The van der Waals surface area contributed by atoms with Crippen molar-refractivity contribution in [1.82, 2.24) is 9.88 Å². The number of ether oxygens (including phenoxy) is 1. The number of rotatable bonds is 3. The molecular weight excluding hydrogens is 316 g/mol. The highest BCUT2D eigenvalue weighted by Crippen LogP contribution is 2.23. The van der Waals surface area contributed by atoms with Gasteiger partial charge in [0.2, 0.25) is 0 Å². The molecule has 5 heteroatoms.